The van der Waals surface area contributed by atoms with Gasteiger partial charge < -0.3 is 11.1 Å². The van der Waals surface area contributed by atoms with Crippen LogP contribution in [0.3, 0.4) is 0 Å². The predicted molar refractivity (Wildman–Crippen MR) is 77.9 cm³/mol. The molecule has 3 N–H and O–H groups in total. The van der Waals surface area contributed by atoms with Gasteiger partial charge in [-0.1, -0.05) is 20.8 Å². The van der Waals surface area contributed by atoms with Crippen LogP contribution in [0.25, 0.3) is 0 Å². The Labute approximate surface area is 117 Å². The molecule has 2 atom stereocenters. The molecule has 108 valence electrons. The number of rotatable bonds is 5. The van der Waals surface area contributed by atoms with Gasteiger partial charge in [0.1, 0.15) is 0 Å². The Bertz CT molecular complexity index is 273. The van der Waals surface area contributed by atoms with Crippen molar-refractivity contribution in [3.05, 3.63) is 0 Å². The van der Waals surface area contributed by atoms with Crippen LogP contribution < -0.4 is 11.1 Å². The molecule has 4 nitrogen and oxygen atoms in total. The summed E-state index contributed by atoms with van der Waals surface area (Å²) in [5.41, 5.74) is 5.96. The molecule has 1 saturated heterocycles. The van der Waals surface area contributed by atoms with Crippen molar-refractivity contribution in [2.75, 3.05) is 26.2 Å². The van der Waals surface area contributed by atoms with Gasteiger partial charge in [-0.05, 0) is 37.8 Å². The van der Waals surface area contributed by atoms with Gasteiger partial charge in [0, 0.05) is 13.1 Å². The topological polar surface area (TPSA) is 58.4 Å². The first-order chi connectivity index (χ1) is 7.88. The lowest BCUT2D eigenvalue weighted by molar-refractivity contribution is -0.125. The zero-order valence-corrected chi connectivity index (χ0v) is 12.8. The highest BCUT2D eigenvalue weighted by Gasteiger charge is 2.36. The van der Waals surface area contributed by atoms with Gasteiger partial charge in [-0.25, -0.2) is 0 Å². The predicted octanol–water partition coefficient (Wildman–Crippen LogP) is 1.24. The number of nitrogens with zero attached hydrogens (tertiary/aromatic N) is 1. The molecule has 18 heavy (non-hydrogen) atoms. The highest BCUT2D eigenvalue weighted by Crippen LogP contribution is 2.29. The second-order valence-corrected chi connectivity index (χ2v) is 6.05. The number of carbonyl (C=O) groups is 1. The zero-order valence-electron chi connectivity index (χ0n) is 12.0. The van der Waals surface area contributed by atoms with E-state index in [-0.39, 0.29) is 29.8 Å². The fraction of sp³-hybridized carbons (Fsp3) is 0.923. The monoisotopic (exact) mass is 277 g/mol. The summed E-state index contributed by atoms with van der Waals surface area (Å²) in [7, 11) is 0. The molecule has 0 radical (unpaired) electrons. The molecule has 2 unspecified atom stereocenters. The molecule has 1 rings (SSSR count). The highest BCUT2D eigenvalue weighted by molar-refractivity contribution is 5.85. The number of nitrogens with two attached hydrogens (primary N) is 1. The molecule has 0 spiro atoms. The Hall–Kier alpha value is -0.320. The van der Waals surface area contributed by atoms with E-state index in [1.165, 1.54) is 0 Å². The van der Waals surface area contributed by atoms with Crippen molar-refractivity contribution in [1.82, 2.24) is 10.2 Å². The molecule has 0 aliphatic carbocycles. The van der Waals surface area contributed by atoms with Crippen LogP contribution in [-0.2, 0) is 4.79 Å². The number of hydrogen-bond donors (Lipinski definition) is 2. The maximum Gasteiger partial charge on any atom is 0.237 e. The first-order valence-corrected chi connectivity index (χ1v) is 6.60. The number of halogens is 1. The summed E-state index contributed by atoms with van der Waals surface area (Å²) in [5, 5.41) is 2.99. The Morgan fingerprint density at radius 1 is 1.44 bits per heavy atom. The number of nitrogens with one attached hydrogen (secondary N) is 1. The van der Waals surface area contributed by atoms with Crippen LogP contribution in [0.15, 0.2) is 0 Å². The van der Waals surface area contributed by atoms with Crippen LogP contribution >= 0.6 is 12.4 Å². The normalized spacial score (nSPS) is 25.9. The van der Waals surface area contributed by atoms with E-state index in [0.29, 0.717) is 12.5 Å². The average Bonchev–Trinajstić information content (AvgIpc) is 2.68. The summed E-state index contributed by atoms with van der Waals surface area (Å²) in [6, 6.07) is -0.0397. The minimum atomic E-state index is -0.0397. The summed E-state index contributed by atoms with van der Waals surface area (Å²) >= 11 is 0. The molecule has 0 aromatic rings. The highest BCUT2D eigenvalue weighted by atomic mass is 35.5. The molecule has 1 heterocycles. The van der Waals surface area contributed by atoms with Crippen LogP contribution in [-0.4, -0.2) is 43.0 Å². The van der Waals surface area contributed by atoms with Crippen molar-refractivity contribution in [2.24, 2.45) is 17.1 Å². The molecule has 5 heteroatoms. The Morgan fingerprint density at radius 3 is 2.50 bits per heavy atom. The van der Waals surface area contributed by atoms with E-state index in [0.717, 1.165) is 26.1 Å². The first kappa shape index (κ1) is 17.7. The summed E-state index contributed by atoms with van der Waals surface area (Å²) in [6.45, 7) is 11.8. The van der Waals surface area contributed by atoms with E-state index in [1.807, 2.05) is 6.92 Å². The SMILES string of the molecule is CC(C)CNC(=O)C(C)N1CCC(C)(CN)C1.Cl. The number of carbonyl (C=O) groups excluding carboxylic acids is 1. The van der Waals surface area contributed by atoms with Gasteiger partial charge in [0.05, 0.1) is 6.04 Å². The van der Waals surface area contributed by atoms with Crippen LogP contribution in [0.4, 0.5) is 0 Å². The lowest BCUT2D eigenvalue weighted by Crippen LogP contribution is -2.46. The molecular formula is C13H28ClN3O. The van der Waals surface area contributed by atoms with Gasteiger partial charge in [-0.15, -0.1) is 12.4 Å². The van der Waals surface area contributed by atoms with E-state index in [9.17, 15) is 4.79 Å². The van der Waals surface area contributed by atoms with Gasteiger partial charge >= 0.3 is 0 Å². The maximum absolute atomic E-state index is 11.9. The third-order valence-electron chi connectivity index (χ3n) is 3.69. The van der Waals surface area contributed by atoms with E-state index in [2.05, 4.69) is 31.0 Å². The molecule has 0 saturated carbocycles. The number of amides is 1. The third kappa shape index (κ3) is 4.75. The summed E-state index contributed by atoms with van der Waals surface area (Å²) in [4.78, 5) is 14.2. The van der Waals surface area contributed by atoms with Crippen molar-refractivity contribution in [3.63, 3.8) is 0 Å². The second-order valence-electron chi connectivity index (χ2n) is 6.05. The minimum Gasteiger partial charge on any atom is -0.354 e. The first-order valence-electron chi connectivity index (χ1n) is 6.60. The van der Waals surface area contributed by atoms with Crippen LogP contribution in [0.1, 0.15) is 34.1 Å². The standard InChI is InChI=1S/C13H27N3O.ClH/c1-10(2)7-15-12(17)11(3)16-6-5-13(4,8-14)9-16;/h10-11H,5-9,14H2,1-4H3,(H,15,17);1H. The third-order valence-corrected chi connectivity index (χ3v) is 3.69. The summed E-state index contributed by atoms with van der Waals surface area (Å²) in [5.74, 6) is 0.638. The zero-order chi connectivity index (χ0) is 13.1. The van der Waals surface area contributed by atoms with Crippen LogP contribution in [0.2, 0.25) is 0 Å². The summed E-state index contributed by atoms with van der Waals surface area (Å²) in [6.07, 6.45) is 1.09. The molecule has 0 bridgehead atoms. The molecule has 1 aliphatic heterocycles. The Kier molecular flexibility index (Phi) is 7.18. The molecule has 0 aromatic carbocycles. The maximum atomic E-state index is 11.9. The van der Waals surface area contributed by atoms with Gasteiger partial charge in [0.25, 0.3) is 0 Å². The largest absolute Gasteiger partial charge is 0.354 e. The van der Waals surface area contributed by atoms with Gasteiger partial charge in [0.2, 0.25) is 5.91 Å². The molecule has 1 aliphatic rings. The van der Waals surface area contributed by atoms with Gasteiger partial charge in [0.15, 0.2) is 0 Å². The van der Waals surface area contributed by atoms with Crippen LogP contribution in [0, 0.1) is 11.3 Å². The fourth-order valence-electron chi connectivity index (χ4n) is 2.18. The van der Waals surface area contributed by atoms with Crippen molar-refractivity contribution >= 4 is 18.3 Å². The van der Waals surface area contributed by atoms with Gasteiger partial charge in [-0.3, -0.25) is 9.69 Å². The van der Waals surface area contributed by atoms with Crippen molar-refractivity contribution in [3.8, 4) is 0 Å². The van der Waals surface area contributed by atoms with Gasteiger partial charge in [-0.2, -0.15) is 0 Å². The quantitative estimate of drug-likeness (QED) is 0.795. The smallest absolute Gasteiger partial charge is 0.237 e. The summed E-state index contributed by atoms with van der Waals surface area (Å²) < 4.78 is 0. The van der Waals surface area contributed by atoms with E-state index >= 15 is 0 Å². The van der Waals surface area contributed by atoms with E-state index in [4.69, 9.17) is 5.73 Å². The molecule has 1 fully saturated rings. The Morgan fingerprint density at radius 2 is 2.06 bits per heavy atom. The minimum absolute atomic E-state index is 0. The number of likely N-dealkylation sites (tertiary alicyclic amines) is 1. The van der Waals surface area contributed by atoms with Crippen LogP contribution in [0.5, 0.6) is 0 Å². The Balaban J connectivity index is 0.00000289. The average molecular weight is 278 g/mol. The lowest BCUT2D eigenvalue weighted by atomic mass is 9.90. The fourth-order valence-corrected chi connectivity index (χ4v) is 2.18. The molecule has 1 amide bonds. The van der Waals surface area contributed by atoms with E-state index in [1.54, 1.807) is 0 Å². The van der Waals surface area contributed by atoms with Crippen molar-refractivity contribution in [1.29, 1.82) is 0 Å². The lowest BCUT2D eigenvalue weighted by Gasteiger charge is -2.26. The molecule has 0 aromatic heterocycles. The van der Waals surface area contributed by atoms with E-state index < -0.39 is 0 Å². The van der Waals surface area contributed by atoms with Crippen molar-refractivity contribution < 1.29 is 4.79 Å². The number of hydrogen-bond acceptors (Lipinski definition) is 3. The second kappa shape index (κ2) is 7.31. The van der Waals surface area contributed by atoms with Crippen molar-refractivity contribution in [2.45, 2.75) is 40.2 Å². The molecular weight excluding hydrogens is 250 g/mol.